The molecule has 13 nitrogen and oxygen atoms in total. The van der Waals surface area contributed by atoms with Gasteiger partial charge in [0, 0.05) is 42.1 Å². The molecule has 0 fully saturated rings. The Morgan fingerprint density at radius 1 is 0.686 bits per heavy atom. The zero-order chi connectivity index (χ0) is 35.3. The summed E-state index contributed by atoms with van der Waals surface area (Å²) in [5, 5.41) is 8.49. The highest BCUT2D eigenvalue weighted by atomic mass is 19.1. The van der Waals surface area contributed by atoms with Crippen LogP contribution in [0, 0.1) is 18.6 Å². The van der Waals surface area contributed by atoms with E-state index in [1.54, 1.807) is 57.4 Å². The molecule has 15 heteroatoms. The van der Waals surface area contributed by atoms with Crippen molar-refractivity contribution in [2.45, 2.75) is 59.5 Å². The van der Waals surface area contributed by atoms with E-state index in [0.717, 1.165) is 89.2 Å². The molecule has 1 aromatic carbocycles. The van der Waals surface area contributed by atoms with Crippen molar-refractivity contribution in [3.63, 3.8) is 0 Å². The van der Waals surface area contributed by atoms with Gasteiger partial charge in [-0.3, -0.25) is 4.98 Å². The normalized spacial score (nSPS) is 11.3. The second-order valence-electron chi connectivity index (χ2n) is 11.9. The summed E-state index contributed by atoms with van der Waals surface area (Å²) < 4.78 is 35.0. The molecule has 7 aromatic heterocycles. The van der Waals surface area contributed by atoms with Crippen LogP contribution in [0.3, 0.4) is 0 Å². The van der Waals surface area contributed by atoms with E-state index in [1.165, 1.54) is 0 Å². The molecule has 8 aromatic rings. The lowest BCUT2D eigenvalue weighted by Crippen LogP contribution is -2.09. The van der Waals surface area contributed by atoms with Crippen molar-refractivity contribution in [2.75, 3.05) is 0 Å². The van der Waals surface area contributed by atoms with Crippen LogP contribution in [0.5, 0.6) is 0 Å². The monoisotopic (exact) mass is 687 g/mol. The van der Waals surface area contributed by atoms with E-state index in [2.05, 4.69) is 63.5 Å². The first-order valence-electron chi connectivity index (χ1n) is 16.7. The Labute approximate surface area is 291 Å². The number of imidazole rings is 2. The molecule has 0 atom stereocenters. The van der Waals surface area contributed by atoms with Crippen molar-refractivity contribution in [3.05, 3.63) is 126 Å². The third kappa shape index (κ3) is 6.95. The minimum absolute atomic E-state index is 0.122. The van der Waals surface area contributed by atoms with Gasteiger partial charge in [-0.1, -0.05) is 32.8 Å². The van der Waals surface area contributed by atoms with Crippen molar-refractivity contribution in [1.82, 2.24) is 63.3 Å². The van der Waals surface area contributed by atoms with Crippen LogP contribution in [0.15, 0.2) is 86.4 Å². The van der Waals surface area contributed by atoms with Gasteiger partial charge in [0.25, 0.3) is 0 Å². The summed E-state index contributed by atoms with van der Waals surface area (Å²) in [5.41, 5.74) is 6.57. The summed E-state index contributed by atoms with van der Waals surface area (Å²) in [4.78, 5) is 31.1. The molecular weight excluding hydrogens is 652 g/mol. The number of aromatic nitrogens is 13. The van der Waals surface area contributed by atoms with E-state index in [9.17, 15) is 8.78 Å². The van der Waals surface area contributed by atoms with E-state index >= 15 is 0 Å². The van der Waals surface area contributed by atoms with Crippen LogP contribution in [0.25, 0.3) is 34.2 Å². The van der Waals surface area contributed by atoms with Gasteiger partial charge in [-0.25, -0.2) is 47.7 Å². The van der Waals surface area contributed by atoms with Crippen LogP contribution in [0.1, 0.15) is 55.0 Å². The van der Waals surface area contributed by atoms with E-state index in [4.69, 9.17) is 0 Å². The Bertz CT molecular complexity index is 2410. The standard InChI is InChI=1S/C19H18F2N6.C17H17N7/c1-3-4-14-17(23-11-27-19(14)24-12(2)25-27)10-26-8-7-22-18(26)15-9-13(20)5-6-16(15)21;1-2-5-13-15(21-12-24-16(13)20-11-22-24)10-23-9-8-19-17(23)14-6-3-4-7-18-14/h5-9,11H,3-4,10H2,1-2H3;3-4,6-9,11-12H,2,5,10H2,1H3. The first-order valence-corrected chi connectivity index (χ1v) is 16.7. The molecule has 0 bridgehead atoms. The minimum Gasteiger partial charge on any atom is -0.325 e. The number of hydrogen-bond acceptors (Lipinski definition) is 9. The average molecular weight is 688 g/mol. The Hall–Kier alpha value is -6.25. The van der Waals surface area contributed by atoms with Crippen LogP contribution in [-0.2, 0) is 25.9 Å². The fraction of sp³-hybridized carbons (Fsp3) is 0.250. The molecule has 0 N–H and O–H groups in total. The van der Waals surface area contributed by atoms with Gasteiger partial charge in [-0.05, 0) is 50.1 Å². The molecule has 0 aliphatic heterocycles. The first-order chi connectivity index (χ1) is 24.9. The predicted molar refractivity (Wildman–Crippen MR) is 186 cm³/mol. The van der Waals surface area contributed by atoms with E-state index < -0.39 is 11.6 Å². The number of nitrogens with zero attached hydrogens (tertiary/aromatic N) is 13. The third-order valence-corrected chi connectivity index (χ3v) is 8.33. The van der Waals surface area contributed by atoms with Gasteiger partial charge in [0.2, 0.25) is 0 Å². The Morgan fingerprint density at radius 2 is 1.37 bits per heavy atom. The summed E-state index contributed by atoms with van der Waals surface area (Å²) in [5.74, 6) is 0.839. The van der Waals surface area contributed by atoms with Crippen LogP contribution in [-0.4, -0.2) is 63.3 Å². The lowest BCUT2D eigenvalue weighted by molar-refractivity contribution is 0.600. The molecule has 7 heterocycles. The molecule has 0 aliphatic carbocycles. The van der Waals surface area contributed by atoms with Crippen LogP contribution in [0.4, 0.5) is 8.78 Å². The maximum absolute atomic E-state index is 14.2. The topological polar surface area (TPSA) is 135 Å². The molecule has 0 radical (unpaired) electrons. The maximum Gasteiger partial charge on any atom is 0.162 e. The lowest BCUT2D eigenvalue weighted by Gasteiger charge is -2.12. The van der Waals surface area contributed by atoms with Crippen molar-refractivity contribution in [1.29, 1.82) is 0 Å². The Kier molecular flexibility index (Phi) is 9.59. The highest BCUT2D eigenvalue weighted by Crippen LogP contribution is 2.25. The number of aryl methyl sites for hydroxylation is 3. The SMILES string of the molecule is CCCc1c(Cn2ccnc2-c2cc(F)ccc2F)ncn2nc(C)nc12.CCCc1c(Cn2ccnc2-c2ccccn2)ncn2ncnc12. The zero-order valence-electron chi connectivity index (χ0n) is 28.4. The molecule has 0 unspecified atom stereocenters. The summed E-state index contributed by atoms with van der Waals surface area (Å²) in [6.45, 7) is 7.08. The van der Waals surface area contributed by atoms with Gasteiger partial charge < -0.3 is 9.13 Å². The maximum atomic E-state index is 14.2. The van der Waals surface area contributed by atoms with E-state index in [1.807, 2.05) is 31.3 Å². The molecule has 0 amide bonds. The van der Waals surface area contributed by atoms with Gasteiger partial charge >= 0.3 is 0 Å². The number of pyridine rings is 1. The van der Waals surface area contributed by atoms with E-state index in [-0.39, 0.29) is 5.56 Å². The molecule has 258 valence electrons. The number of rotatable bonds is 10. The number of benzene rings is 1. The smallest absolute Gasteiger partial charge is 0.162 e. The number of hydrogen-bond donors (Lipinski definition) is 0. The second kappa shape index (κ2) is 14.7. The van der Waals surface area contributed by atoms with Crippen LogP contribution in [0.2, 0.25) is 0 Å². The van der Waals surface area contributed by atoms with Crippen LogP contribution >= 0.6 is 0 Å². The fourth-order valence-corrected chi connectivity index (χ4v) is 6.05. The molecule has 0 saturated heterocycles. The Morgan fingerprint density at radius 3 is 2.08 bits per heavy atom. The van der Waals surface area contributed by atoms with Gasteiger partial charge in [0.1, 0.15) is 48.0 Å². The fourth-order valence-electron chi connectivity index (χ4n) is 6.05. The first kappa shape index (κ1) is 33.3. The van der Waals surface area contributed by atoms with Crippen molar-refractivity contribution in [3.8, 4) is 22.9 Å². The van der Waals surface area contributed by atoms with Gasteiger partial charge in [-0.2, -0.15) is 10.2 Å². The van der Waals surface area contributed by atoms with Crippen molar-refractivity contribution in [2.24, 2.45) is 0 Å². The van der Waals surface area contributed by atoms with Gasteiger partial charge in [-0.15, -0.1) is 0 Å². The molecular formula is C36H35F2N13. The molecule has 51 heavy (non-hydrogen) atoms. The van der Waals surface area contributed by atoms with Crippen molar-refractivity contribution < 1.29 is 8.78 Å². The van der Waals surface area contributed by atoms with Crippen LogP contribution < -0.4 is 0 Å². The summed E-state index contributed by atoms with van der Waals surface area (Å²) in [7, 11) is 0. The third-order valence-electron chi connectivity index (χ3n) is 8.33. The van der Waals surface area contributed by atoms with Gasteiger partial charge in [0.15, 0.2) is 17.1 Å². The average Bonchev–Trinajstić information content (AvgIpc) is 3.96. The number of fused-ring (bicyclic) bond motifs is 2. The van der Waals surface area contributed by atoms with Gasteiger partial charge in [0.05, 0.1) is 30.0 Å². The largest absolute Gasteiger partial charge is 0.325 e. The molecule has 0 saturated carbocycles. The Balaban J connectivity index is 0.000000160. The predicted octanol–water partition coefficient (Wildman–Crippen LogP) is 5.96. The highest BCUT2D eigenvalue weighted by molar-refractivity contribution is 5.57. The zero-order valence-corrected chi connectivity index (χ0v) is 28.4. The summed E-state index contributed by atoms with van der Waals surface area (Å²) in [6, 6.07) is 9.17. The number of halogens is 2. The molecule has 0 spiro atoms. The minimum atomic E-state index is -0.519. The van der Waals surface area contributed by atoms with Crippen molar-refractivity contribution >= 4 is 11.3 Å². The molecule has 8 rings (SSSR count). The summed E-state index contributed by atoms with van der Waals surface area (Å²) >= 11 is 0. The lowest BCUT2D eigenvalue weighted by atomic mass is 10.1. The second-order valence-corrected chi connectivity index (χ2v) is 11.9. The highest BCUT2D eigenvalue weighted by Gasteiger charge is 2.18. The quantitative estimate of drug-likeness (QED) is 0.171. The summed E-state index contributed by atoms with van der Waals surface area (Å²) in [6.07, 6.45) is 17.4. The van der Waals surface area contributed by atoms with E-state index in [0.29, 0.717) is 24.7 Å². The molecule has 0 aliphatic rings.